The number of nitrogens with one attached hydrogen (secondary N) is 1. The third kappa shape index (κ3) is 2.98. The Kier molecular flexibility index (Phi) is 4.76. The van der Waals surface area contributed by atoms with Crippen LogP contribution in [-0.4, -0.2) is 19.6 Å². The van der Waals surface area contributed by atoms with Gasteiger partial charge in [0.2, 0.25) is 0 Å². The van der Waals surface area contributed by atoms with Crippen LogP contribution in [0.25, 0.3) is 0 Å². The first kappa shape index (κ1) is 16.8. The standard InChI is InChI=1S/C19H19ClFNO2/c1-24-16-9-3-2-6-13(16)19(10-5-11-19)12-22-18(23)17-14(20)7-4-8-15(17)21/h2-4,6-9H,5,10-12H2,1H3,(H,22,23). The molecule has 0 aliphatic heterocycles. The Labute approximate surface area is 145 Å². The molecule has 1 aliphatic carbocycles. The van der Waals surface area contributed by atoms with E-state index in [-0.39, 0.29) is 16.0 Å². The van der Waals surface area contributed by atoms with E-state index in [4.69, 9.17) is 16.3 Å². The number of methoxy groups -OCH3 is 1. The van der Waals surface area contributed by atoms with Crippen molar-refractivity contribution in [3.8, 4) is 5.75 Å². The van der Waals surface area contributed by atoms with E-state index in [0.717, 1.165) is 30.6 Å². The molecule has 1 amide bonds. The highest BCUT2D eigenvalue weighted by molar-refractivity contribution is 6.33. The Balaban J connectivity index is 1.81. The van der Waals surface area contributed by atoms with Crippen LogP contribution >= 0.6 is 11.6 Å². The molecular formula is C19H19ClFNO2. The molecule has 0 unspecified atom stereocenters. The first-order chi connectivity index (χ1) is 11.6. The third-order valence-electron chi connectivity index (χ3n) is 4.77. The number of amides is 1. The van der Waals surface area contributed by atoms with Crippen LogP contribution in [0.1, 0.15) is 35.2 Å². The number of hydrogen-bond donors (Lipinski definition) is 1. The summed E-state index contributed by atoms with van der Waals surface area (Å²) in [6.45, 7) is 0.427. The van der Waals surface area contributed by atoms with Crippen molar-refractivity contribution in [2.45, 2.75) is 24.7 Å². The van der Waals surface area contributed by atoms with Crippen molar-refractivity contribution >= 4 is 17.5 Å². The van der Waals surface area contributed by atoms with Crippen molar-refractivity contribution in [1.29, 1.82) is 0 Å². The maximum absolute atomic E-state index is 13.9. The molecule has 1 N–H and O–H groups in total. The highest BCUT2D eigenvalue weighted by Crippen LogP contribution is 2.46. The summed E-state index contributed by atoms with van der Waals surface area (Å²) in [5, 5.41) is 2.97. The number of ether oxygens (including phenoxy) is 1. The molecule has 0 bridgehead atoms. The van der Waals surface area contributed by atoms with Crippen LogP contribution in [0.4, 0.5) is 4.39 Å². The van der Waals surface area contributed by atoms with Crippen LogP contribution in [0.15, 0.2) is 42.5 Å². The van der Waals surface area contributed by atoms with E-state index >= 15 is 0 Å². The lowest BCUT2D eigenvalue weighted by molar-refractivity contribution is 0.0923. The predicted octanol–water partition coefficient (Wildman–Crippen LogP) is 4.34. The van der Waals surface area contributed by atoms with Crippen LogP contribution in [0.2, 0.25) is 5.02 Å². The van der Waals surface area contributed by atoms with E-state index < -0.39 is 11.7 Å². The number of carbonyl (C=O) groups excluding carboxylic acids is 1. The summed E-state index contributed by atoms with van der Waals surface area (Å²) in [5.74, 6) is -0.283. The Morgan fingerprint density at radius 2 is 2.00 bits per heavy atom. The van der Waals surface area contributed by atoms with Crippen LogP contribution < -0.4 is 10.1 Å². The number of carbonyl (C=O) groups is 1. The third-order valence-corrected chi connectivity index (χ3v) is 5.08. The Hall–Kier alpha value is -2.07. The summed E-state index contributed by atoms with van der Waals surface area (Å²) < 4.78 is 19.4. The fourth-order valence-corrected chi connectivity index (χ4v) is 3.53. The van der Waals surface area contributed by atoms with Gasteiger partial charge in [0, 0.05) is 17.5 Å². The van der Waals surface area contributed by atoms with E-state index in [1.54, 1.807) is 7.11 Å². The molecule has 5 heteroatoms. The van der Waals surface area contributed by atoms with E-state index in [0.29, 0.717) is 6.54 Å². The lowest BCUT2D eigenvalue weighted by Gasteiger charge is -2.43. The highest BCUT2D eigenvalue weighted by Gasteiger charge is 2.41. The van der Waals surface area contributed by atoms with Gasteiger partial charge in [0.25, 0.3) is 5.91 Å². The monoisotopic (exact) mass is 347 g/mol. The molecule has 1 aliphatic rings. The number of hydrogen-bond acceptors (Lipinski definition) is 2. The molecular weight excluding hydrogens is 329 g/mol. The summed E-state index contributed by atoms with van der Waals surface area (Å²) in [6, 6.07) is 12.1. The average Bonchev–Trinajstić information content (AvgIpc) is 2.54. The first-order valence-corrected chi connectivity index (χ1v) is 8.31. The molecule has 1 fully saturated rings. The number of benzene rings is 2. The van der Waals surface area contributed by atoms with Crippen molar-refractivity contribution in [3.63, 3.8) is 0 Å². The van der Waals surface area contributed by atoms with Crippen LogP contribution in [0.3, 0.4) is 0 Å². The molecule has 0 atom stereocenters. The zero-order chi connectivity index (χ0) is 17.2. The van der Waals surface area contributed by atoms with Gasteiger partial charge in [-0.25, -0.2) is 4.39 Å². The number of rotatable bonds is 5. The Morgan fingerprint density at radius 1 is 1.25 bits per heavy atom. The zero-order valence-electron chi connectivity index (χ0n) is 13.4. The SMILES string of the molecule is COc1ccccc1C1(CNC(=O)c2c(F)cccc2Cl)CCC1. The molecule has 3 rings (SSSR count). The van der Waals surface area contributed by atoms with Crippen molar-refractivity contribution in [2.75, 3.05) is 13.7 Å². The van der Waals surface area contributed by atoms with Gasteiger partial charge >= 0.3 is 0 Å². The second kappa shape index (κ2) is 6.81. The summed E-state index contributed by atoms with van der Waals surface area (Å²) in [5.41, 5.74) is 0.812. The Bertz CT molecular complexity index is 739. The first-order valence-electron chi connectivity index (χ1n) is 7.93. The largest absolute Gasteiger partial charge is 0.496 e. The smallest absolute Gasteiger partial charge is 0.255 e. The van der Waals surface area contributed by atoms with Crippen molar-refractivity contribution in [3.05, 3.63) is 64.4 Å². The molecule has 126 valence electrons. The lowest BCUT2D eigenvalue weighted by Crippen LogP contribution is -2.46. The van der Waals surface area contributed by atoms with Gasteiger partial charge in [0.15, 0.2) is 0 Å². The molecule has 2 aromatic carbocycles. The summed E-state index contributed by atoms with van der Waals surface area (Å²) in [4.78, 5) is 12.4. The summed E-state index contributed by atoms with van der Waals surface area (Å²) in [7, 11) is 1.64. The molecule has 0 radical (unpaired) electrons. The zero-order valence-corrected chi connectivity index (χ0v) is 14.2. The maximum atomic E-state index is 13.9. The summed E-state index contributed by atoms with van der Waals surface area (Å²) in [6.07, 6.45) is 3.01. The molecule has 0 heterocycles. The van der Waals surface area contributed by atoms with E-state index in [1.807, 2.05) is 24.3 Å². The number of halogens is 2. The molecule has 0 aromatic heterocycles. The van der Waals surface area contributed by atoms with Crippen LogP contribution in [0, 0.1) is 5.82 Å². The maximum Gasteiger partial charge on any atom is 0.255 e. The van der Waals surface area contributed by atoms with Gasteiger partial charge in [-0.15, -0.1) is 0 Å². The second-order valence-electron chi connectivity index (χ2n) is 6.11. The van der Waals surface area contributed by atoms with Crippen LogP contribution in [0.5, 0.6) is 5.75 Å². The van der Waals surface area contributed by atoms with E-state index in [1.165, 1.54) is 18.2 Å². The topological polar surface area (TPSA) is 38.3 Å². The highest BCUT2D eigenvalue weighted by atomic mass is 35.5. The molecule has 0 saturated heterocycles. The summed E-state index contributed by atoms with van der Waals surface area (Å²) >= 11 is 5.97. The molecule has 0 spiro atoms. The predicted molar refractivity (Wildman–Crippen MR) is 92.3 cm³/mol. The minimum atomic E-state index is -0.611. The normalized spacial score (nSPS) is 15.5. The number of para-hydroxylation sites is 1. The van der Waals surface area contributed by atoms with Gasteiger partial charge in [-0.3, -0.25) is 4.79 Å². The molecule has 24 heavy (non-hydrogen) atoms. The van der Waals surface area contributed by atoms with Gasteiger partial charge in [-0.1, -0.05) is 42.3 Å². The van der Waals surface area contributed by atoms with E-state index in [9.17, 15) is 9.18 Å². The quantitative estimate of drug-likeness (QED) is 0.873. The minimum absolute atomic E-state index is 0.103. The average molecular weight is 348 g/mol. The van der Waals surface area contributed by atoms with Crippen molar-refractivity contribution < 1.29 is 13.9 Å². The second-order valence-corrected chi connectivity index (χ2v) is 6.52. The van der Waals surface area contributed by atoms with Gasteiger partial charge in [0.05, 0.1) is 17.7 Å². The molecule has 3 nitrogen and oxygen atoms in total. The van der Waals surface area contributed by atoms with Crippen molar-refractivity contribution in [1.82, 2.24) is 5.32 Å². The van der Waals surface area contributed by atoms with Gasteiger partial charge in [0.1, 0.15) is 11.6 Å². The minimum Gasteiger partial charge on any atom is -0.496 e. The molecule has 1 saturated carbocycles. The van der Waals surface area contributed by atoms with Crippen LogP contribution in [-0.2, 0) is 5.41 Å². The van der Waals surface area contributed by atoms with E-state index in [2.05, 4.69) is 5.32 Å². The van der Waals surface area contributed by atoms with Gasteiger partial charge < -0.3 is 10.1 Å². The Morgan fingerprint density at radius 3 is 2.62 bits per heavy atom. The fraction of sp³-hybridized carbons (Fsp3) is 0.316. The van der Waals surface area contributed by atoms with Gasteiger partial charge in [-0.05, 0) is 31.0 Å². The van der Waals surface area contributed by atoms with Gasteiger partial charge in [-0.2, -0.15) is 0 Å². The fourth-order valence-electron chi connectivity index (χ4n) is 3.28. The van der Waals surface area contributed by atoms with Crippen molar-refractivity contribution in [2.24, 2.45) is 0 Å². The molecule has 2 aromatic rings. The lowest BCUT2D eigenvalue weighted by atomic mass is 9.64.